The van der Waals surface area contributed by atoms with Gasteiger partial charge in [-0.05, 0) is 36.4 Å². The molecule has 0 unspecified atom stereocenters. The van der Waals surface area contributed by atoms with Gasteiger partial charge < -0.3 is 5.11 Å². The molecule has 0 fully saturated rings. The van der Waals surface area contributed by atoms with E-state index < -0.39 is 5.97 Å². The van der Waals surface area contributed by atoms with E-state index in [1.807, 2.05) is 42.5 Å². The van der Waals surface area contributed by atoms with Crippen LogP contribution in [-0.2, 0) is 0 Å². The van der Waals surface area contributed by atoms with Crippen molar-refractivity contribution in [3.05, 3.63) is 89.7 Å². The molecule has 2 aromatic carbocycles. The third kappa shape index (κ3) is 3.20. The van der Waals surface area contributed by atoms with Crippen LogP contribution in [0.15, 0.2) is 79.1 Å². The molecule has 4 aromatic rings. The van der Waals surface area contributed by atoms with E-state index in [4.69, 9.17) is 11.6 Å². The molecule has 4 rings (SSSR count). The molecule has 27 heavy (non-hydrogen) atoms. The highest BCUT2D eigenvalue weighted by molar-refractivity contribution is 6.30. The van der Waals surface area contributed by atoms with Crippen LogP contribution in [-0.4, -0.2) is 25.8 Å². The molecule has 1 N–H and O–H groups in total. The number of pyridine rings is 1. The van der Waals surface area contributed by atoms with Crippen LogP contribution in [0.3, 0.4) is 0 Å². The molecule has 0 aliphatic rings. The Bertz CT molecular complexity index is 1090. The van der Waals surface area contributed by atoms with Gasteiger partial charge in [-0.3, -0.25) is 4.98 Å². The Morgan fingerprint density at radius 3 is 2.19 bits per heavy atom. The van der Waals surface area contributed by atoms with Gasteiger partial charge in [0.2, 0.25) is 0 Å². The minimum Gasteiger partial charge on any atom is -0.478 e. The third-order valence-electron chi connectivity index (χ3n) is 4.17. The van der Waals surface area contributed by atoms with Gasteiger partial charge in [0, 0.05) is 28.5 Å². The summed E-state index contributed by atoms with van der Waals surface area (Å²) in [6.45, 7) is 0. The van der Waals surface area contributed by atoms with E-state index >= 15 is 0 Å². The van der Waals surface area contributed by atoms with Crippen LogP contribution < -0.4 is 0 Å². The molecule has 6 heteroatoms. The van der Waals surface area contributed by atoms with Gasteiger partial charge in [-0.1, -0.05) is 41.9 Å². The highest BCUT2D eigenvalue weighted by Gasteiger charge is 2.26. The lowest BCUT2D eigenvalue weighted by atomic mass is 10.0. The zero-order valence-corrected chi connectivity index (χ0v) is 14.8. The Labute approximate surface area is 160 Å². The van der Waals surface area contributed by atoms with Crippen molar-refractivity contribution in [1.82, 2.24) is 14.8 Å². The van der Waals surface area contributed by atoms with Crippen molar-refractivity contribution in [2.45, 2.75) is 0 Å². The summed E-state index contributed by atoms with van der Waals surface area (Å²) in [6, 6.07) is 20.0. The standard InChI is InChI=1S/C21H14ClN3O2/c22-16-6-8-17(9-7-16)25-20(15-4-2-1-3-5-15)18(21(26)27)19(24-25)14-10-12-23-13-11-14/h1-13H,(H,26,27). The second kappa shape index (κ2) is 7.05. The fourth-order valence-electron chi connectivity index (χ4n) is 2.96. The number of carboxylic acids is 1. The predicted molar refractivity (Wildman–Crippen MR) is 104 cm³/mol. The zero-order chi connectivity index (χ0) is 18.8. The van der Waals surface area contributed by atoms with Gasteiger partial charge in [0.05, 0.1) is 11.4 Å². The number of nitrogens with zero attached hydrogens (tertiary/aromatic N) is 3. The predicted octanol–water partition coefficient (Wildman–Crippen LogP) is 4.95. The molecule has 0 spiro atoms. The Balaban J connectivity index is 2.06. The lowest BCUT2D eigenvalue weighted by Gasteiger charge is -2.09. The van der Waals surface area contributed by atoms with Crippen LogP contribution in [0.2, 0.25) is 5.02 Å². The number of hydrogen-bond donors (Lipinski definition) is 1. The summed E-state index contributed by atoms with van der Waals surface area (Å²) in [6.07, 6.45) is 3.23. The molecule has 2 heterocycles. The summed E-state index contributed by atoms with van der Waals surface area (Å²) in [5, 5.41) is 15.2. The van der Waals surface area contributed by atoms with E-state index in [-0.39, 0.29) is 5.56 Å². The van der Waals surface area contributed by atoms with Crippen molar-refractivity contribution in [2.24, 2.45) is 0 Å². The second-order valence-electron chi connectivity index (χ2n) is 5.87. The summed E-state index contributed by atoms with van der Waals surface area (Å²) in [7, 11) is 0. The Morgan fingerprint density at radius 1 is 0.889 bits per heavy atom. The van der Waals surface area contributed by atoms with E-state index in [0.29, 0.717) is 22.0 Å². The normalized spacial score (nSPS) is 10.7. The molecule has 2 aromatic heterocycles. The van der Waals surface area contributed by atoms with Crippen LogP contribution in [0.25, 0.3) is 28.2 Å². The van der Waals surface area contributed by atoms with Crippen molar-refractivity contribution in [3.8, 4) is 28.2 Å². The topological polar surface area (TPSA) is 68.0 Å². The first kappa shape index (κ1) is 17.0. The van der Waals surface area contributed by atoms with Crippen molar-refractivity contribution in [1.29, 1.82) is 0 Å². The van der Waals surface area contributed by atoms with Crippen LogP contribution in [0.4, 0.5) is 0 Å². The van der Waals surface area contributed by atoms with Gasteiger partial charge in [0.15, 0.2) is 0 Å². The van der Waals surface area contributed by atoms with Crippen LogP contribution >= 0.6 is 11.6 Å². The SMILES string of the molecule is O=C(O)c1c(-c2ccncc2)nn(-c2ccc(Cl)cc2)c1-c1ccccc1. The van der Waals surface area contributed by atoms with Gasteiger partial charge >= 0.3 is 5.97 Å². The van der Waals surface area contributed by atoms with E-state index in [0.717, 1.165) is 11.3 Å². The van der Waals surface area contributed by atoms with Crippen molar-refractivity contribution in [3.63, 3.8) is 0 Å². The molecule has 5 nitrogen and oxygen atoms in total. The van der Waals surface area contributed by atoms with Crippen LogP contribution in [0, 0.1) is 0 Å². The summed E-state index contributed by atoms with van der Waals surface area (Å²) in [4.78, 5) is 16.2. The van der Waals surface area contributed by atoms with Crippen molar-refractivity contribution in [2.75, 3.05) is 0 Å². The fourth-order valence-corrected chi connectivity index (χ4v) is 3.09. The maximum absolute atomic E-state index is 12.2. The number of aromatic carboxylic acids is 1. The van der Waals surface area contributed by atoms with Crippen molar-refractivity contribution < 1.29 is 9.90 Å². The third-order valence-corrected chi connectivity index (χ3v) is 4.42. The molecule has 0 radical (unpaired) electrons. The van der Waals surface area contributed by atoms with Crippen LogP contribution in [0.1, 0.15) is 10.4 Å². The number of aromatic nitrogens is 3. The number of hydrogen-bond acceptors (Lipinski definition) is 3. The summed E-state index contributed by atoms with van der Waals surface area (Å²) < 4.78 is 1.64. The maximum atomic E-state index is 12.2. The van der Waals surface area contributed by atoms with Gasteiger partial charge in [-0.25, -0.2) is 9.48 Å². The molecule has 0 bridgehead atoms. The van der Waals surface area contributed by atoms with E-state index in [1.54, 1.807) is 41.3 Å². The zero-order valence-electron chi connectivity index (χ0n) is 14.1. The smallest absolute Gasteiger partial charge is 0.340 e. The molecular formula is C21H14ClN3O2. The lowest BCUT2D eigenvalue weighted by Crippen LogP contribution is -2.03. The average molecular weight is 376 g/mol. The minimum absolute atomic E-state index is 0.141. The highest BCUT2D eigenvalue weighted by atomic mass is 35.5. The Kier molecular flexibility index (Phi) is 4.44. The molecule has 0 amide bonds. The quantitative estimate of drug-likeness (QED) is 0.547. The molecular weight excluding hydrogens is 362 g/mol. The molecule has 0 aliphatic heterocycles. The van der Waals surface area contributed by atoms with Crippen molar-refractivity contribution >= 4 is 17.6 Å². The monoisotopic (exact) mass is 375 g/mol. The van der Waals surface area contributed by atoms with Gasteiger partial charge in [-0.15, -0.1) is 0 Å². The number of carboxylic acid groups (broad SMARTS) is 1. The van der Waals surface area contributed by atoms with Crippen LogP contribution in [0.5, 0.6) is 0 Å². The van der Waals surface area contributed by atoms with E-state index in [2.05, 4.69) is 10.1 Å². The molecule has 0 atom stereocenters. The second-order valence-corrected chi connectivity index (χ2v) is 6.30. The molecule has 0 saturated heterocycles. The molecule has 0 aliphatic carbocycles. The molecule has 0 saturated carbocycles. The number of halogens is 1. The van der Waals surface area contributed by atoms with Gasteiger partial charge in [0.1, 0.15) is 11.3 Å². The summed E-state index contributed by atoms with van der Waals surface area (Å²) >= 11 is 6.01. The lowest BCUT2D eigenvalue weighted by molar-refractivity contribution is 0.0698. The Hall–Kier alpha value is -3.44. The number of benzene rings is 2. The van der Waals surface area contributed by atoms with E-state index in [9.17, 15) is 9.90 Å². The average Bonchev–Trinajstić information content (AvgIpc) is 3.11. The number of carbonyl (C=O) groups is 1. The van der Waals surface area contributed by atoms with Gasteiger partial charge in [-0.2, -0.15) is 5.10 Å². The highest BCUT2D eigenvalue weighted by Crippen LogP contribution is 2.34. The molecule has 132 valence electrons. The summed E-state index contributed by atoms with van der Waals surface area (Å²) in [5.74, 6) is -1.04. The first-order valence-corrected chi connectivity index (χ1v) is 8.61. The number of rotatable bonds is 4. The first-order chi connectivity index (χ1) is 13.1. The van der Waals surface area contributed by atoms with E-state index in [1.165, 1.54) is 0 Å². The largest absolute Gasteiger partial charge is 0.478 e. The summed E-state index contributed by atoms with van der Waals surface area (Å²) in [5.41, 5.74) is 3.21. The first-order valence-electron chi connectivity index (χ1n) is 8.23. The Morgan fingerprint density at radius 2 is 1.56 bits per heavy atom. The minimum atomic E-state index is -1.04. The maximum Gasteiger partial charge on any atom is 0.340 e. The van der Waals surface area contributed by atoms with Gasteiger partial charge in [0.25, 0.3) is 0 Å². The fraction of sp³-hybridized carbons (Fsp3) is 0.